The van der Waals surface area contributed by atoms with E-state index in [2.05, 4.69) is 26.5 Å². The highest BCUT2D eigenvalue weighted by molar-refractivity contribution is 6.47. The fourth-order valence-electron chi connectivity index (χ4n) is 3.96. The van der Waals surface area contributed by atoms with E-state index >= 15 is 0 Å². The molecule has 1 unspecified atom stereocenters. The molecule has 3 aromatic heterocycles. The van der Waals surface area contributed by atoms with E-state index in [0.717, 1.165) is 25.9 Å². The SMILES string of the molecule is CC(=NC1CCNCC1)/C(=N\N)c1cc(OC(C)c2ncccc2F)n2c(C#N)cnc2c1. The number of halogens is 1. The molecule has 1 aliphatic heterocycles. The van der Waals surface area contributed by atoms with Crippen molar-refractivity contribution in [2.24, 2.45) is 15.9 Å². The van der Waals surface area contributed by atoms with Crippen molar-refractivity contribution in [3.05, 3.63) is 59.4 Å². The number of nitriles is 1. The molecule has 0 bridgehead atoms. The van der Waals surface area contributed by atoms with Gasteiger partial charge in [-0.1, -0.05) is 0 Å². The van der Waals surface area contributed by atoms with Crippen LogP contribution in [0.25, 0.3) is 5.65 Å². The third-order valence-corrected chi connectivity index (χ3v) is 5.59. The number of hydrogen-bond donors (Lipinski definition) is 2. The number of nitrogens with zero attached hydrogens (tertiary/aromatic N) is 6. The number of rotatable bonds is 6. The van der Waals surface area contributed by atoms with Gasteiger partial charge in [-0.05, 0) is 58.0 Å². The zero-order valence-corrected chi connectivity index (χ0v) is 18.5. The first-order chi connectivity index (χ1) is 16.0. The molecule has 4 rings (SSSR count). The van der Waals surface area contributed by atoms with Crippen LogP contribution in [0.1, 0.15) is 49.7 Å². The quantitative estimate of drug-likeness (QED) is 0.339. The van der Waals surface area contributed by atoms with Crippen molar-refractivity contribution in [2.75, 3.05) is 13.1 Å². The van der Waals surface area contributed by atoms with Gasteiger partial charge in [0.1, 0.15) is 40.7 Å². The Morgan fingerprint density at radius 1 is 1.36 bits per heavy atom. The Hall–Kier alpha value is -3.84. The molecule has 170 valence electrons. The normalized spacial score (nSPS) is 16.5. The van der Waals surface area contributed by atoms with Crippen LogP contribution >= 0.6 is 0 Å². The number of nitrogens with two attached hydrogens (primary N) is 1. The molecule has 4 heterocycles. The van der Waals surface area contributed by atoms with Crippen LogP contribution in [0.4, 0.5) is 4.39 Å². The molecule has 1 saturated heterocycles. The summed E-state index contributed by atoms with van der Waals surface area (Å²) >= 11 is 0. The Morgan fingerprint density at radius 3 is 2.85 bits per heavy atom. The van der Waals surface area contributed by atoms with Gasteiger partial charge in [0.15, 0.2) is 0 Å². The third-order valence-electron chi connectivity index (χ3n) is 5.59. The van der Waals surface area contributed by atoms with E-state index in [0.29, 0.717) is 28.5 Å². The molecule has 1 aliphatic rings. The van der Waals surface area contributed by atoms with Crippen molar-refractivity contribution in [1.82, 2.24) is 19.7 Å². The minimum absolute atomic E-state index is 0.158. The molecule has 9 nitrogen and oxygen atoms in total. The summed E-state index contributed by atoms with van der Waals surface area (Å²) in [4.78, 5) is 13.2. The van der Waals surface area contributed by atoms with Crippen molar-refractivity contribution < 1.29 is 9.13 Å². The summed E-state index contributed by atoms with van der Waals surface area (Å²) in [5, 5.41) is 16.8. The Labute approximate surface area is 190 Å². The molecule has 3 aromatic rings. The lowest BCUT2D eigenvalue weighted by molar-refractivity contribution is 0.204. The summed E-state index contributed by atoms with van der Waals surface area (Å²) in [6.07, 6.45) is 4.12. The highest BCUT2D eigenvalue weighted by atomic mass is 19.1. The lowest BCUT2D eigenvalue weighted by Crippen LogP contribution is -2.31. The maximum atomic E-state index is 14.3. The van der Waals surface area contributed by atoms with E-state index in [-0.39, 0.29) is 17.4 Å². The van der Waals surface area contributed by atoms with E-state index in [1.165, 1.54) is 24.5 Å². The molecule has 10 heteroatoms. The van der Waals surface area contributed by atoms with Gasteiger partial charge in [-0.25, -0.2) is 9.37 Å². The van der Waals surface area contributed by atoms with Gasteiger partial charge in [-0.3, -0.25) is 14.4 Å². The topological polar surface area (TPSA) is 126 Å². The maximum absolute atomic E-state index is 14.3. The summed E-state index contributed by atoms with van der Waals surface area (Å²) < 4.78 is 21.9. The molecule has 1 fully saturated rings. The van der Waals surface area contributed by atoms with Crippen LogP contribution < -0.4 is 15.9 Å². The number of hydrogen-bond acceptors (Lipinski definition) is 8. The van der Waals surface area contributed by atoms with Crippen LogP contribution in [-0.2, 0) is 0 Å². The van der Waals surface area contributed by atoms with Gasteiger partial charge in [-0.15, -0.1) is 0 Å². The van der Waals surface area contributed by atoms with Crippen LogP contribution in [0, 0.1) is 17.1 Å². The largest absolute Gasteiger partial charge is 0.469 e. The summed E-state index contributed by atoms with van der Waals surface area (Å²) in [7, 11) is 0. The Balaban J connectivity index is 1.75. The standard InChI is InChI=1S/C23H25FN8O/c1-14(30-17-5-8-27-9-6-17)22(31-26)16-10-20-29-13-18(12-25)32(20)21(11-16)33-15(2)23-19(24)4-3-7-28-23/h3-4,7,10-11,13,15,17,27H,5-6,8-9,26H2,1-2H3/b30-14?,31-22+. The minimum atomic E-state index is -0.721. The molecule has 0 aliphatic carbocycles. The number of ether oxygens (including phenoxy) is 1. The summed E-state index contributed by atoms with van der Waals surface area (Å²) in [5.41, 5.74) is 2.76. The molecular formula is C23H25FN8O. The van der Waals surface area contributed by atoms with Gasteiger partial charge in [-0.2, -0.15) is 10.4 Å². The average Bonchev–Trinajstić information content (AvgIpc) is 3.24. The van der Waals surface area contributed by atoms with Crippen LogP contribution in [0.15, 0.2) is 46.8 Å². The van der Waals surface area contributed by atoms with Gasteiger partial charge in [0.25, 0.3) is 0 Å². The summed E-state index contributed by atoms with van der Waals surface area (Å²) in [6, 6.07) is 8.62. The molecule has 0 amide bonds. The summed E-state index contributed by atoms with van der Waals surface area (Å²) in [6.45, 7) is 5.41. The van der Waals surface area contributed by atoms with E-state index in [4.69, 9.17) is 15.6 Å². The number of aromatic nitrogens is 3. The van der Waals surface area contributed by atoms with Gasteiger partial charge in [0.05, 0.1) is 18.0 Å². The number of aliphatic imine (C=N–C) groups is 1. The number of imidazole rings is 1. The predicted molar refractivity (Wildman–Crippen MR) is 123 cm³/mol. The van der Waals surface area contributed by atoms with Crippen molar-refractivity contribution in [3.63, 3.8) is 0 Å². The molecule has 0 radical (unpaired) electrons. The second kappa shape index (κ2) is 9.75. The van der Waals surface area contributed by atoms with E-state index < -0.39 is 11.9 Å². The zero-order chi connectivity index (χ0) is 23.4. The molecule has 33 heavy (non-hydrogen) atoms. The zero-order valence-electron chi connectivity index (χ0n) is 18.5. The van der Waals surface area contributed by atoms with Crippen LogP contribution in [0.2, 0.25) is 0 Å². The Kier molecular flexibility index (Phi) is 6.60. The molecule has 1 atom stereocenters. The first kappa shape index (κ1) is 22.4. The smallest absolute Gasteiger partial charge is 0.201 e. The number of nitrogens with one attached hydrogen (secondary N) is 1. The highest BCUT2D eigenvalue weighted by Gasteiger charge is 2.21. The van der Waals surface area contributed by atoms with Gasteiger partial charge in [0.2, 0.25) is 5.88 Å². The van der Waals surface area contributed by atoms with E-state index in [1.54, 1.807) is 23.5 Å². The number of pyridine rings is 2. The molecule has 0 aromatic carbocycles. The van der Waals surface area contributed by atoms with Crippen molar-refractivity contribution in [3.8, 4) is 11.9 Å². The number of piperidine rings is 1. The Bertz CT molecular complexity index is 1250. The number of hydrazone groups is 1. The molecular weight excluding hydrogens is 423 g/mol. The van der Waals surface area contributed by atoms with Crippen molar-refractivity contribution in [1.29, 1.82) is 5.26 Å². The molecule has 3 N–H and O–H groups in total. The van der Waals surface area contributed by atoms with E-state index in [9.17, 15) is 9.65 Å². The van der Waals surface area contributed by atoms with Crippen molar-refractivity contribution in [2.45, 2.75) is 38.8 Å². The lowest BCUT2D eigenvalue weighted by Gasteiger charge is -2.20. The van der Waals surface area contributed by atoms with Crippen molar-refractivity contribution >= 4 is 17.1 Å². The predicted octanol–water partition coefficient (Wildman–Crippen LogP) is 2.76. The monoisotopic (exact) mass is 448 g/mol. The molecule has 0 saturated carbocycles. The summed E-state index contributed by atoms with van der Waals surface area (Å²) in [5.74, 6) is 5.59. The van der Waals surface area contributed by atoms with Crippen LogP contribution in [0.5, 0.6) is 5.88 Å². The average molecular weight is 449 g/mol. The fraction of sp³-hybridized carbons (Fsp3) is 0.348. The second-order valence-electron chi connectivity index (χ2n) is 7.84. The molecule has 0 spiro atoms. The van der Waals surface area contributed by atoms with Crippen LogP contribution in [0.3, 0.4) is 0 Å². The van der Waals surface area contributed by atoms with Gasteiger partial charge < -0.3 is 15.9 Å². The highest BCUT2D eigenvalue weighted by Crippen LogP contribution is 2.26. The second-order valence-corrected chi connectivity index (χ2v) is 7.84. The van der Waals surface area contributed by atoms with Crippen LogP contribution in [-0.4, -0.2) is 44.9 Å². The number of fused-ring (bicyclic) bond motifs is 1. The van der Waals surface area contributed by atoms with Gasteiger partial charge in [0, 0.05) is 17.8 Å². The first-order valence-electron chi connectivity index (χ1n) is 10.7. The lowest BCUT2D eigenvalue weighted by atomic mass is 10.0. The van der Waals surface area contributed by atoms with E-state index in [1.807, 2.05) is 6.92 Å². The Morgan fingerprint density at radius 2 is 2.15 bits per heavy atom. The third kappa shape index (κ3) is 4.68. The fourth-order valence-corrected chi connectivity index (χ4v) is 3.96. The minimum Gasteiger partial charge on any atom is -0.469 e. The maximum Gasteiger partial charge on any atom is 0.201 e. The first-order valence-corrected chi connectivity index (χ1v) is 10.7. The van der Waals surface area contributed by atoms with Gasteiger partial charge >= 0.3 is 0 Å².